The number of aryl methyl sites for hydroxylation is 1. The number of esters is 2. The lowest BCUT2D eigenvalue weighted by Crippen LogP contribution is -2.78. The molecule has 20 rings (SSSR count). The second-order valence-corrected chi connectivity index (χ2v) is 33.8. The fourth-order valence-electron chi connectivity index (χ4n) is 29.6. The third kappa shape index (κ3) is 6.05. The molecule has 3 saturated heterocycles. The maximum Gasteiger partial charge on any atom is 0.339 e. The number of ether oxygens (including phenoxy) is 2. The van der Waals surface area contributed by atoms with Crippen LogP contribution in [0.2, 0.25) is 0 Å². The van der Waals surface area contributed by atoms with Gasteiger partial charge in [0.1, 0.15) is 11.2 Å². The number of hydrogen-bond donors (Lipinski definition) is 2. The van der Waals surface area contributed by atoms with Crippen LogP contribution in [0.5, 0.6) is 0 Å². The topological polar surface area (TPSA) is 105 Å². The van der Waals surface area contributed by atoms with Crippen molar-refractivity contribution in [3.8, 4) is 11.8 Å². The number of carbonyl (C=O) groups is 2. The monoisotopic (exact) mass is 1160 g/mol. The lowest BCUT2D eigenvalue weighted by atomic mass is 9.26. The average Bonchev–Trinajstić information content (AvgIpc) is 1.30. The van der Waals surface area contributed by atoms with Crippen molar-refractivity contribution in [1.29, 1.82) is 0 Å². The molecule has 454 valence electrons. The van der Waals surface area contributed by atoms with Gasteiger partial charge >= 0.3 is 11.9 Å². The van der Waals surface area contributed by atoms with Crippen LogP contribution in [0.15, 0.2) is 76.4 Å². The first kappa shape index (κ1) is 52.7. The van der Waals surface area contributed by atoms with Crippen molar-refractivity contribution in [2.24, 2.45) is 109 Å². The zero-order valence-electron chi connectivity index (χ0n) is 51.7. The maximum absolute atomic E-state index is 17.3. The molecular weight excluding hydrogens is 1060 g/mol. The Labute approximate surface area is 512 Å². The van der Waals surface area contributed by atoms with Crippen molar-refractivity contribution in [3.05, 3.63) is 93.1 Å². The van der Waals surface area contributed by atoms with Crippen molar-refractivity contribution < 1.29 is 24.2 Å². The summed E-state index contributed by atoms with van der Waals surface area (Å²) in [6, 6.07) is 7.47. The smallest absolute Gasteiger partial charge is 0.339 e. The number of hydrogen-bond acceptors (Lipinski definition) is 8. The predicted octanol–water partition coefficient (Wildman–Crippen LogP) is 15.3. The van der Waals surface area contributed by atoms with Crippen LogP contribution >= 0.6 is 0 Å². The van der Waals surface area contributed by atoms with Crippen LogP contribution in [0.1, 0.15) is 227 Å². The van der Waals surface area contributed by atoms with Crippen LogP contribution in [0.3, 0.4) is 0 Å². The number of allylic oxidation sites excluding steroid dienone is 6. The van der Waals surface area contributed by atoms with E-state index in [1.807, 2.05) is 0 Å². The van der Waals surface area contributed by atoms with Crippen LogP contribution in [0.4, 0.5) is 0 Å². The van der Waals surface area contributed by atoms with Crippen molar-refractivity contribution in [2.45, 2.75) is 236 Å². The highest BCUT2D eigenvalue weighted by atomic mass is 16.6. The normalized spacial score (nSPS) is 47.9. The van der Waals surface area contributed by atoms with Gasteiger partial charge in [0.15, 0.2) is 11.4 Å². The number of aliphatic hydroxyl groups is 1. The second-order valence-electron chi connectivity index (χ2n) is 33.8. The van der Waals surface area contributed by atoms with Gasteiger partial charge in [-0.25, -0.2) is 4.79 Å². The third-order valence-electron chi connectivity index (χ3n) is 31.9. The quantitative estimate of drug-likeness (QED) is 0.175. The first-order valence-electron chi connectivity index (χ1n) is 36.7. The fraction of sp³-hybridized carbons (Fsp3) is 0.744. The summed E-state index contributed by atoms with van der Waals surface area (Å²) in [5.41, 5.74) is 13.2. The Morgan fingerprint density at radius 3 is 2.47 bits per heavy atom. The number of nitrogens with zero attached hydrogens (tertiary/aromatic N) is 2. The average molecular weight is 1160 g/mol. The van der Waals surface area contributed by atoms with Gasteiger partial charge in [0.05, 0.1) is 11.0 Å². The fourth-order valence-corrected chi connectivity index (χ4v) is 29.6. The lowest BCUT2D eigenvalue weighted by molar-refractivity contribution is -0.283. The van der Waals surface area contributed by atoms with Gasteiger partial charge in [-0.3, -0.25) is 9.69 Å². The minimum absolute atomic E-state index is 0.0280. The Kier molecular flexibility index (Phi) is 11.1. The highest BCUT2D eigenvalue weighted by molar-refractivity contribution is 6.00. The number of benzene rings is 1. The minimum atomic E-state index is -1.18. The molecule has 86 heavy (non-hydrogen) atoms. The number of aliphatic hydroxyl groups excluding tert-OH is 1. The van der Waals surface area contributed by atoms with E-state index in [-0.39, 0.29) is 58.4 Å². The third-order valence-corrected chi connectivity index (χ3v) is 31.9. The summed E-state index contributed by atoms with van der Waals surface area (Å²) in [5.74, 6) is 12.8. The molecule has 1 aromatic carbocycles. The maximum atomic E-state index is 17.3. The summed E-state index contributed by atoms with van der Waals surface area (Å²) < 4.78 is 15.3. The zero-order valence-corrected chi connectivity index (χ0v) is 51.7. The van der Waals surface area contributed by atoms with Crippen molar-refractivity contribution in [3.63, 3.8) is 0 Å². The largest absolute Gasteiger partial charge is 0.509 e. The van der Waals surface area contributed by atoms with E-state index in [0.717, 1.165) is 49.9 Å². The van der Waals surface area contributed by atoms with E-state index < -0.39 is 16.4 Å². The van der Waals surface area contributed by atoms with Crippen LogP contribution in [-0.4, -0.2) is 64.6 Å². The first-order valence-corrected chi connectivity index (χ1v) is 36.7. The Balaban J connectivity index is 0.872. The summed E-state index contributed by atoms with van der Waals surface area (Å²) in [5, 5.41) is 14.5. The molecule has 0 aromatic heterocycles. The number of carbonyl (C=O) groups excluding carboxylic acids is 2. The molecule has 8 nitrogen and oxygen atoms in total. The number of fused-ring (bicyclic) bond motifs is 10. The molecule has 7 aliphatic heterocycles. The Hall–Kier alpha value is -4.06. The molecule has 7 heterocycles. The molecule has 19 aliphatic rings. The van der Waals surface area contributed by atoms with Crippen LogP contribution < -0.4 is 5.73 Å². The summed E-state index contributed by atoms with van der Waals surface area (Å²) in [4.78, 5) is 39.3. The summed E-state index contributed by atoms with van der Waals surface area (Å²) in [7, 11) is 0. The molecule has 19 unspecified atom stereocenters. The molecule has 3 N–H and O–H groups in total. The molecule has 12 aliphatic carbocycles. The van der Waals surface area contributed by atoms with Gasteiger partial charge in [0.25, 0.3) is 0 Å². The molecule has 8 heteroatoms. The highest BCUT2D eigenvalue weighted by Crippen LogP contribution is 2.89. The minimum Gasteiger partial charge on any atom is -0.509 e. The first-order chi connectivity index (χ1) is 42.1. The predicted molar refractivity (Wildman–Crippen MR) is 331 cm³/mol. The van der Waals surface area contributed by atoms with Crippen molar-refractivity contribution in [1.82, 2.24) is 9.80 Å². The van der Waals surface area contributed by atoms with E-state index in [4.69, 9.17) is 15.2 Å². The lowest BCUT2D eigenvalue weighted by Gasteiger charge is -2.74. The van der Waals surface area contributed by atoms with E-state index in [0.29, 0.717) is 107 Å². The van der Waals surface area contributed by atoms with Gasteiger partial charge in [-0.05, 0) is 222 Å². The van der Waals surface area contributed by atoms with Gasteiger partial charge < -0.3 is 25.2 Å². The molecule has 7 spiro atoms. The number of nitrogens with two attached hydrogens (primary N) is 1. The highest BCUT2D eigenvalue weighted by Gasteiger charge is 2.94. The zero-order chi connectivity index (χ0) is 56.9. The molecule has 0 radical (unpaired) electrons. The van der Waals surface area contributed by atoms with Crippen molar-refractivity contribution >= 4 is 11.9 Å². The molecular formula is C78H97N3O5. The van der Waals surface area contributed by atoms with Gasteiger partial charge in [0, 0.05) is 79.0 Å². The van der Waals surface area contributed by atoms with E-state index in [2.05, 4.69) is 64.1 Å². The molecule has 10 bridgehead atoms. The standard InChI is InChI=1S/C78H97N3O5/c79-37-12-17-47-16-9-20-57-64(47)70(83)86-78(57)63-40-48(46-14-3-1-4-15-46)22-24-55-54-26-35-72(28-5-2-6-29-72)58-39-49-23-25-60-50-38-51-45-81(60)68(49)66(65(54)58)56-27-36-76(78)69(85-71(84)77(63,76)67(55)56)62(82)41-61-52-42-73(30-7-8-31-73)75(43-52)34-13-33-74(75)32-11-19-53(74)18-10-21-59(51)80(61)44-50/h9,16,20,22,24,26,35,46,48,50-55,58-61,63,65-66,82H,1-8,11-15,17,19,21,23,25,27-34,36-45,79H2. The van der Waals surface area contributed by atoms with Crippen LogP contribution in [0, 0.1) is 115 Å². The van der Waals surface area contributed by atoms with Crippen LogP contribution in [-0.2, 0) is 26.3 Å². The Morgan fingerprint density at radius 1 is 0.756 bits per heavy atom. The Bertz CT molecular complexity index is 3370. The van der Waals surface area contributed by atoms with E-state index >= 15 is 9.59 Å². The molecule has 19 atom stereocenters. The second kappa shape index (κ2) is 18.1. The van der Waals surface area contributed by atoms with Gasteiger partial charge in [-0.1, -0.05) is 124 Å². The molecule has 7 saturated carbocycles. The SMILES string of the molecule is NCCCc1cccc2c1C(=O)OC21C2CC(C3CCCCC3)C=CC3C4=C5CCC16C(=C(O)CC1C7CC8(CCCC8)C8(CCCC89CCCC9C#CCC8C9CC(CN81)C1CCC8=C(C5C5C3C=CC3(CCCCC3)C5C8)N1C9)C7)OC(=O)C426. The summed E-state index contributed by atoms with van der Waals surface area (Å²) in [6.45, 7) is 2.73. The van der Waals surface area contributed by atoms with Gasteiger partial charge in [-0.2, -0.15) is 0 Å². The summed E-state index contributed by atoms with van der Waals surface area (Å²) in [6.07, 6.45) is 49.8. The number of rotatable bonds is 4. The number of piperidine rings is 2. The Morgan fingerprint density at radius 2 is 1.59 bits per heavy atom. The van der Waals surface area contributed by atoms with Gasteiger partial charge in [0.2, 0.25) is 0 Å². The van der Waals surface area contributed by atoms with E-state index in [9.17, 15) is 5.11 Å². The molecule has 10 fully saturated rings. The van der Waals surface area contributed by atoms with Gasteiger partial charge in [-0.15, -0.1) is 5.92 Å². The van der Waals surface area contributed by atoms with Crippen molar-refractivity contribution in [2.75, 3.05) is 19.6 Å². The van der Waals surface area contributed by atoms with E-state index in [1.165, 1.54) is 173 Å². The molecule has 1 aromatic rings. The molecule has 0 amide bonds. The van der Waals surface area contributed by atoms with E-state index in [1.54, 1.807) is 16.8 Å². The summed E-state index contributed by atoms with van der Waals surface area (Å²) >= 11 is 0. The van der Waals surface area contributed by atoms with Crippen LogP contribution in [0.25, 0.3) is 0 Å².